The molecule has 2 atom stereocenters. The Balaban J connectivity index is 1.69. The molecular formula is C23H37NO2. The van der Waals surface area contributed by atoms with E-state index in [-0.39, 0.29) is 17.9 Å². The lowest BCUT2D eigenvalue weighted by Crippen LogP contribution is -2.45. The Labute approximate surface area is 159 Å². The molecular weight excluding hydrogens is 322 g/mol. The van der Waals surface area contributed by atoms with E-state index in [2.05, 4.69) is 19.1 Å². The van der Waals surface area contributed by atoms with E-state index in [1.54, 1.807) is 0 Å². The Bertz CT molecular complexity index is 502. The molecule has 0 bridgehead atoms. The van der Waals surface area contributed by atoms with Gasteiger partial charge in [0.15, 0.2) is 0 Å². The summed E-state index contributed by atoms with van der Waals surface area (Å²) >= 11 is 0. The Morgan fingerprint density at radius 2 is 1.50 bits per heavy atom. The van der Waals surface area contributed by atoms with Gasteiger partial charge < -0.3 is 0 Å². The summed E-state index contributed by atoms with van der Waals surface area (Å²) in [6.45, 7) is 2.26. The lowest BCUT2D eigenvalue weighted by atomic mass is 9.82. The smallest absolute Gasteiger partial charge is 0.246 e. The number of amides is 1. The molecule has 146 valence electrons. The lowest BCUT2D eigenvalue weighted by molar-refractivity contribution is -0.185. The zero-order chi connectivity index (χ0) is 18.6. The number of unbranched alkanes of at least 4 members (excludes halogenated alkanes) is 9. The molecule has 0 aromatic heterocycles. The first-order chi connectivity index (χ1) is 12.7. The topological polar surface area (TPSA) is 40.5 Å². The fourth-order valence-electron chi connectivity index (χ4n) is 4.19. The maximum absolute atomic E-state index is 11.9. The van der Waals surface area contributed by atoms with Gasteiger partial charge in [0.2, 0.25) is 5.91 Å². The summed E-state index contributed by atoms with van der Waals surface area (Å²) in [5, 5.41) is 11.3. The Morgan fingerprint density at radius 1 is 0.923 bits per heavy atom. The fraction of sp³-hybridized carbons (Fsp3) is 0.696. The monoisotopic (exact) mass is 359 g/mol. The van der Waals surface area contributed by atoms with E-state index in [9.17, 15) is 10.0 Å². The minimum Gasteiger partial charge on any atom is -0.286 e. The van der Waals surface area contributed by atoms with Gasteiger partial charge in [0.25, 0.3) is 0 Å². The van der Waals surface area contributed by atoms with Gasteiger partial charge in [-0.2, -0.15) is 0 Å². The first kappa shape index (κ1) is 21.0. The molecule has 0 spiro atoms. The maximum atomic E-state index is 11.9. The van der Waals surface area contributed by atoms with Gasteiger partial charge in [-0.1, -0.05) is 101 Å². The van der Waals surface area contributed by atoms with Crippen molar-refractivity contribution in [3.63, 3.8) is 0 Å². The molecule has 0 saturated carbocycles. The molecule has 1 fully saturated rings. The van der Waals surface area contributed by atoms with Crippen LogP contribution in [-0.4, -0.2) is 22.2 Å². The van der Waals surface area contributed by atoms with Crippen molar-refractivity contribution in [1.82, 2.24) is 5.06 Å². The number of nitrogens with zero attached hydrogens (tertiary/aromatic N) is 1. The largest absolute Gasteiger partial charge is 0.286 e. The van der Waals surface area contributed by atoms with Gasteiger partial charge in [-0.3, -0.25) is 10.0 Å². The second-order valence-electron chi connectivity index (χ2n) is 7.83. The van der Waals surface area contributed by atoms with Crippen LogP contribution in [0.4, 0.5) is 0 Å². The molecule has 3 nitrogen and oxygen atoms in total. The molecule has 0 aliphatic carbocycles. The van der Waals surface area contributed by atoms with Crippen molar-refractivity contribution in [3.8, 4) is 0 Å². The van der Waals surface area contributed by atoms with E-state index >= 15 is 0 Å². The number of hydrogen-bond donors (Lipinski definition) is 1. The number of benzene rings is 1. The van der Waals surface area contributed by atoms with Crippen molar-refractivity contribution < 1.29 is 10.0 Å². The van der Waals surface area contributed by atoms with Gasteiger partial charge in [-0.25, -0.2) is 5.06 Å². The van der Waals surface area contributed by atoms with Crippen LogP contribution < -0.4 is 0 Å². The van der Waals surface area contributed by atoms with E-state index in [1.165, 1.54) is 63.4 Å². The first-order valence-corrected chi connectivity index (χ1v) is 10.8. The fourth-order valence-corrected chi connectivity index (χ4v) is 4.19. The molecule has 1 saturated heterocycles. The first-order valence-electron chi connectivity index (χ1n) is 10.8. The molecule has 1 N–H and O–H groups in total. The summed E-state index contributed by atoms with van der Waals surface area (Å²) in [4.78, 5) is 11.9. The molecule has 1 aliphatic heterocycles. The Hall–Kier alpha value is -1.35. The molecule has 0 unspecified atom stereocenters. The molecule has 1 aromatic carbocycles. The van der Waals surface area contributed by atoms with Crippen LogP contribution in [0.5, 0.6) is 0 Å². The van der Waals surface area contributed by atoms with Gasteiger partial charge in [0, 0.05) is 12.3 Å². The SMILES string of the molecule is CCCCCCCCCCCC[C@H]1[C@@H](c2ccccc2)CCC(=O)N1O. The number of piperidine rings is 1. The minimum absolute atomic E-state index is 0.0623. The number of carbonyl (C=O) groups excluding carboxylic acids is 1. The zero-order valence-corrected chi connectivity index (χ0v) is 16.5. The van der Waals surface area contributed by atoms with E-state index in [0.29, 0.717) is 6.42 Å². The van der Waals surface area contributed by atoms with Gasteiger partial charge in [0.05, 0.1) is 6.04 Å². The minimum atomic E-state index is -0.116. The maximum Gasteiger partial charge on any atom is 0.246 e. The third-order valence-corrected chi connectivity index (χ3v) is 5.78. The summed E-state index contributed by atoms with van der Waals surface area (Å²) in [6.07, 6.45) is 15.3. The van der Waals surface area contributed by atoms with Crippen molar-refractivity contribution >= 4 is 5.91 Å². The average molecular weight is 360 g/mol. The third kappa shape index (κ3) is 6.75. The van der Waals surface area contributed by atoms with Crippen LogP contribution in [0.2, 0.25) is 0 Å². The van der Waals surface area contributed by atoms with Gasteiger partial charge in [-0.15, -0.1) is 0 Å². The van der Waals surface area contributed by atoms with Gasteiger partial charge >= 0.3 is 0 Å². The van der Waals surface area contributed by atoms with Crippen LogP contribution in [0.3, 0.4) is 0 Å². The molecule has 26 heavy (non-hydrogen) atoms. The predicted molar refractivity (Wildman–Crippen MR) is 107 cm³/mol. The van der Waals surface area contributed by atoms with Crippen LogP contribution >= 0.6 is 0 Å². The van der Waals surface area contributed by atoms with Crippen molar-refractivity contribution in [2.24, 2.45) is 0 Å². The number of carbonyl (C=O) groups is 1. The van der Waals surface area contributed by atoms with Crippen LogP contribution in [0, 0.1) is 0 Å². The second-order valence-corrected chi connectivity index (χ2v) is 7.83. The van der Waals surface area contributed by atoms with E-state index in [1.807, 2.05) is 18.2 Å². The quantitative estimate of drug-likeness (QED) is 0.343. The van der Waals surface area contributed by atoms with Crippen LogP contribution in [0.15, 0.2) is 30.3 Å². The number of rotatable bonds is 12. The van der Waals surface area contributed by atoms with Crippen molar-refractivity contribution in [3.05, 3.63) is 35.9 Å². The van der Waals surface area contributed by atoms with Crippen molar-refractivity contribution in [1.29, 1.82) is 0 Å². The molecule has 1 amide bonds. The number of hydrogen-bond acceptors (Lipinski definition) is 2. The molecule has 0 radical (unpaired) electrons. The van der Waals surface area contributed by atoms with Gasteiger partial charge in [0.1, 0.15) is 0 Å². The van der Waals surface area contributed by atoms with Crippen molar-refractivity contribution in [2.75, 3.05) is 0 Å². The zero-order valence-electron chi connectivity index (χ0n) is 16.5. The summed E-state index contributed by atoms with van der Waals surface area (Å²) in [7, 11) is 0. The Morgan fingerprint density at radius 3 is 2.12 bits per heavy atom. The highest BCUT2D eigenvalue weighted by molar-refractivity contribution is 5.76. The van der Waals surface area contributed by atoms with Crippen LogP contribution in [-0.2, 0) is 4.79 Å². The van der Waals surface area contributed by atoms with E-state index in [0.717, 1.165) is 24.3 Å². The van der Waals surface area contributed by atoms with E-state index in [4.69, 9.17) is 0 Å². The average Bonchev–Trinajstić information content (AvgIpc) is 2.67. The number of hydroxylamine groups is 2. The van der Waals surface area contributed by atoms with Crippen LogP contribution in [0.1, 0.15) is 102 Å². The predicted octanol–water partition coefficient (Wildman–Crippen LogP) is 6.46. The molecule has 1 aromatic rings. The highest BCUT2D eigenvalue weighted by atomic mass is 16.5. The molecule has 3 heteroatoms. The highest BCUT2D eigenvalue weighted by Gasteiger charge is 2.35. The second kappa shape index (κ2) is 12.1. The summed E-state index contributed by atoms with van der Waals surface area (Å²) < 4.78 is 0. The molecule has 1 aliphatic rings. The standard InChI is InChI=1S/C23H37NO2/c1-2-3-4-5-6-7-8-9-10-14-17-22-21(18-19-23(25)24(22)26)20-15-12-11-13-16-20/h11-13,15-16,21-22,26H,2-10,14,17-19H2,1H3/t21-,22+/m1/s1. The lowest BCUT2D eigenvalue weighted by Gasteiger charge is -2.37. The summed E-state index contributed by atoms with van der Waals surface area (Å²) in [6, 6.07) is 10.3. The summed E-state index contributed by atoms with van der Waals surface area (Å²) in [5.74, 6) is 0.145. The van der Waals surface area contributed by atoms with Gasteiger partial charge in [-0.05, 0) is 18.4 Å². The van der Waals surface area contributed by atoms with E-state index < -0.39 is 0 Å². The van der Waals surface area contributed by atoms with Crippen LogP contribution in [0.25, 0.3) is 0 Å². The molecule has 2 rings (SSSR count). The van der Waals surface area contributed by atoms with Crippen molar-refractivity contribution in [2.45, 2.75) is 102 Å². The molecule has 1 heterocycles. The summed E-state index contributed by atoms with van der Waals surface area (Å²) in [5.41, 5.74) is 1.25. The highest BCUT2D eigenvalue weighted by Crippen LogP contribution is 2.35. The normalized spacial score (nSPS) is 20.5. The Kier molecular flexibility index (Phi) is 9.76. The third-order valence-electron chi connectivity index (χ3n) is 5.78.